The molecule has 2 aromatic rings. The van der Waals surface area contributed by atoms with E-state index >= 15 is 0 Å². The number of rotatable bonds is 4. The van der Waals surface area contributed by atoms with Crippen molar-refractivity contribution in [2.75, 3.05) is 40.4 Å². The van der Waals surface area contributed by atoms with E-state index in [9.17, 15) is 9.59 Å². The molecule has 2 amide bonds. The maximum Gasteiger partial charge on any atom is 0.257 e. The Bertz CT molecular complexity index is 842. The van der Waals surface area contributed by atoms with Gasteiger partial charge in [-0.15, -0.1) is 0 Å². The lowest BCUT2D eigenvalue weighted by atomic mass is 10.1. The summed E-state index contributed by atoms with van der Waals surface area (Å²) in [5.74, 6) is 1.03. The standard InChI is InChI=1S/C21H24N2O4/c1-15-5-4-6-16(13-15)20(24)22-9-11-23(12-10-22)21(25)18-8-7-17(26-2)14-19(18)27-3/h4-8,13-14H,9-12H2,1-3H3. The molecule has 142 valence electrons. The summed E-state index contributed by atoms with van der Waals surface area (Å²) in [6.45, 7) is 3.97. The van der Waals surface area contributed by atoms with Gasteiger partial charge in [0.2, 0.25) is 0 Å². The first-order valence-corrected chi connectivity index (χ1v) is 8.90. The van der Waals surface area contributed by atoms with Crippen LogP contribution in [-0.2, 0) is 0 Å². The smallest absolute Gasteiger partial charge is 0.257 e. The third-order valence-corrected chi connectivity index (χ3v) is 4.76. The van der Waals surface area contributed by atoms with Crippen LogP contribution >= 0.6 is 0 Å². The van der Waals surface area contributed by atoms with E-state index < -0.39 is 0 Å². The first-order valence-electron chi connectivity index (χ1n) is 8.90. The van der Waals surface area contributed by atoms with E-state index in [0.717, 1.165) is 5.56 Å². The Hall–Kier alpha value is -3.02. The number of hydrogen-bond acceptors (Lipinski definition) is 4. The van der Waals surface area contributed by atoms with Crippen LogP contribution in [0.4, 0.5) is 0 Å². The largest absolute Gasteiger partial charge is 0.497 e. The van der Waals surface area contributed by atoms with Gasteiger partial charge in [-0.3, -0.25) is 9.59 Å². The molecule has 3 rings (SSSR count). The molecule has 0 aromatic heterocycles. The number of aryl methyl sites for hydroxylation is 1. The van der Waals surface area contributed by atoms with E-state index in [2.05, 4.69) is 0 Å². The maximum atomic E-state index is 12.9. The van der Waals surface area contributed by atoms with Gasteiger partial charge in [0.25, 0.3) is 11.8 Å². The molecular weight excluding hydrogens is 344 g/mol. The van der Waals surface area contributed by atoms with Crippen LogP contribution in [0, 0.1) is 6.92 Å². The number of carbonyl (C=O) groups is 2. The van der Waals surface area contributed by atoms with Crippen molar-refractivity contribution in [1.82, 2.24) is 9.80 Å². The Balaban J connectivity index is 1.67. The second kappa shape index (κ2) is 8.12. The molecule has 1 heterocycles. The molecule has 0 atom stereocenters. The Morgan fingerprint density at radius 1 is 0.852 bits per heavy atom. The topological polar surface area (TPSA) is 59.1 Å². The van der Waals surface area contributed by atoms with Gasteiger partial charge in [-0.1, -0.05) is 17.7 Å². The monoisotopic (exact) mass is 368 g/mol. The van der Waals surface area contributed by atoms with Crippen LogP contribution in [0.5, 0.6) is 11.5 Å². The summed E-state index contributed by atoms with van der Waals surface area (Å²) in [5.41, 5.74) is 2.24. The summed E-state index contributed by atoms with van der Waals surface area (Å²) in [4.78, 5) is 29.1. The zero-order valence-electron chi connectivity index (χ0n) is 15.9. The van der Waals surface area contributed by atoms with Crippen molar-refractivity contribution in [1.29, 1.82) is 0 Å². The van der Waals surface area contributed by atoms with Gasteiger partial charge in [-0.05, 0) is 31.2 Å². The number of hydrogen-bond donors (Lipinski definition) is 0. The fourth-order valence-corrected chi connectivity index (χ4v) is 3.22. The molecule has 6 heteroatoms. The molecule has 1 fully saturated rings. The predicted octanol–water partition coefficient (Wildman–Crippen LogP) is 2.61. The molecule has 1 aliphatic heterocycles. The normalized spacial score (nSPS) is 14.0. The van der Waals surface area contributed by atoms with E-state index in [1.807, 2.05) is 31.2 Å². The third kappa shape index (κ3) is 4.05. The molecule has 27 heavy (non-hydrogen) atoms. The second-order valence-corrected chi connectivity index (χ2v) is 6.52. The van der Waals surface area contributed by atoms with E-state index in [1.165, 1.54) is 7.11 Å². The number of methoxy groups -OCH3 is 2. The third-order valence-electron chi connectivity index (χ3n) is 4.76. The molecule has 0 aliphatic carbocycles. The summed E-state index contributed by atoms with van der Waals surface area (Å²) >= 11 is 0. The van der Waals surface area contributed by atoms with Crippen molar-refractivity contribution in [2.45, 2.75) is 6.92 Å². The Labute approximate surface area is 159 Å². The van der Waals surface area contributed by atoms with Crippen molar-refractivity contribution in [3.05, 3.63) is 59.2 Å². The van der Waals surface area contributed by atoms with Gasteiger partial charge in [-0.25, -0.2) is 0 Å². The van der Waals surface area contributed by atoms with E-state index in [1.54, 1.807) is 35.1 Å². The van der Waals surface area contributed by atoms with Crippen LogP contribution in [0.15, 0.2) is 42.5 Å². The fourth-order valence-electron chi connectivity index (χ4n) is 3.22. The number of piperazine rings is 1. The van der Waals surface area contributed by atoms with Gasteiger partial charge in [-0.2, -0.15) is 0 Å². The molecule has 0 saturated carbocycles. The van der Waals surface area contributed by atoms with E-state index in [-0.39, 0.29) is 11.8 Å². The van der Waals surface area contributed by atoms with Crippen molar-refractivity contribution in [3.8, 4) is 11.5 Å². The quantitative estimate of drug-likeness (QED) is 0.832. The molecule has 1 saturated heterocycles. The number of carbonyl (C=O) groups excluding carboxylic acids is 2. The van der Waals surface area contributed by atoms with Crippen LogP contribution in [0.1, 0.15) is 26.3 Å². The van der Waals surface area contributed by atoms with Crippen LogP contribution in [0.3, 0.4) is 0 Å². The zero-order valence-corrected chi connectivity index (χ0v) is 15.9. The average molecular weight is 368 g/mol. The summed E-state index contributed by atoms with van der Waals surface area (Å²) in [6, 6.07) is 12.7. The molecule has 2 aromatic carbocycles. The molecule has 0 N–H and O–H groups in total. The highest BCUT2D eigenvalue weighted by Gasteiger charge is 2.27. The minimum absolute atomic E-state index is 0.00725. The lowest BCUT2D eigenvalue weighted by molar-refractivity contribution is 0.0533. The Kier molecular flexibility index (Phi) is 5.64. The summed E-state index contributed by atoms with van der Waals surface area (Å²) in [7, 11) is 3.10. The molecule has 6 nitrogen and oxygen atoms in total. The molecule has 0 radical (unpaired) electrons. The average Bonchev–Trinajstić information content (AvgIpc) is 2.72. The zero-order chi connectivity index (χ0) is 19.4. The molecule has 0 spiro atoms. The molecule has 0 bridgehead atoms. The van der Waals surface area contributed by atoms with Gasteiger partial charge in [0.15, 0.2) is 0 Å². The first-order chi connectivity index (χ1) is 13.0. The predicted molar refractivity (Wildman–Crippen MR) is 103 cm³/mol. The van der Waals surface area contributed by atoms with Gasteiger partial charge in [0.05, 0.1) is 19.8 Å². The summed E-state index contributed by atoms with van der Waals surface area (Å²) in [6.07, 6.45) is 0. The molecule has 1 aliphatic rings. The number of nitrogens with zero attached hydrogens (tertiary/aromatic N) is 2. The minimum atomic E-state index is -0.0999. The minimum Gasteiger partial charge on any atom is -0.497 e. The first kappa shape index (κ1) is 18.8. The lowest BCUT2D eigenvalue weighted by Gasteiger charge is -2.35. The maximum absolute atomic E-state index is 12.9. The van der Waals surface area contributed by atoms with E-state index in [0.29, 0.717) is 48.8 Å². The second-order valence-electron chi connectivity index (χ2n) is 6.52. The highest BCUT2D eigenvalue weighted by atomic mass is 16.5. The summed E-state index contributed by atoms with van der Waals surface area (Å²) < 4.78 is 10.5. The van der Waals surface area contributed by atoms with Crippen LogP contribution in [0.25, 0.3) is 0 Å². The summed E-state index contributed by atoms with van der Waals surface area (Å²) in [5, 5.41) is 0. The van der Waals surface area contributed by atoms with Gasteiger partial charge in [0, 0.05) is 37.8 Å². The SMILES string of the molecule is COc1ccc(C(=O)N2CCN(C(=O)c3cccc(C)c3)CC2)c(OC)c1. The molecule has 0 unspecified atom stereocenters. The van der Waals surface area contributed by atoms with E-state index in [4.69, 9.17) is 9.47 Å². The lowest BCUT2D eigenvalue weighted by Crippen LogP contribution is -2.50. The van der Waals surface area contributed by atoms with Gasteiger partial charge < -0.3 is 19.3 Å². The van der Waals surface area contributed by atoms with Crippen LogP contribution < -0.4 is 9.47 Å². The highest BCUT2D eigenvalue weighted by molar-refractivity contribution is 5.98. The number of ether oxygens (including phenoxy) is 2. The van der Waals surface area contributed by atoms with Gasteiger partial charge >= 0.3 is 0 Å². The van der Waals surface area contributed by atoms with Crippen molar-refractivity contribution in [2.24, 2.45) is 0 Å². The van der Waals surface area contributed by atoms with Crippen molar-refractivity contribution < 1.29 is 19.1 Å². The van der Waals surface area contributed by atoms with Crippen molar-refractivity contribution in [3.63, 3.8) is 0 Å². The number of benzene rings is 2. The Morgan fingerprint density at radius 3 is 2.11 bits per heavy atom. The van der Waals surface area contributed by atoms with Crippen molar-refractivity contribution >= 4 is 11.8 Å². The number of amides is 2. The Morgan fingerprint density at radius 2 is 1.52 bits per heavy atom. The molecular formula is C21H24N2O4. The van der Waals surface area contributed by atoms with Crippen LogP contribution in [0.2, 0.25) is 0 Å². The highest BCUT2D eigenvalue weighted by Crippen LogP contribution is 2.26. The fraction of sp³-hybridized carbons (Fsp3) is 0.333. The van der Waals surface area contributed by atoms with Gasteiger partial charge in [0.1, 0.15) is 11.5 Å². The van der Waals surface area contributed by atoms with Crippen LogP contribution in [-0.4, -0.2) is 62.0 Å².